The summed E-state index contributed by atoms with van der Waals surface area (Å²) in [5.74, 6) is -0.241. The number of unbranched alkanes of at least 4 members (excludes halogenated alkanes) is 1. The summed E-state index contributed by atoms with van der Waals surface area (Å²) in [7, 11) is 0. The Hall–Kier alpha value is -1.23. The molecule has 0 heterocycles. The topological polar surface area (TPSA) is 29.5 Å². The molecule has 1 rings (SSSR count). The van der Waals surface area contributed by atoms with Crippen molar-refractivity contribution in [1.82, 2.24) is 0 Å². The highest BCUT2D eigenvalue weighted by Crippen LogP contribution is 2.23. The first-order chi connectivity index (χ1) is 8.40. The second kappa shape index (κ2) is 6.64. The standard InChI is InChI=1S/C13H17F3O2/c1-2-3-4-11(17)9-10-5-7-12(8-6-10)18-13(14,15)16/h5-8,11,17H,2-4,9H2,1H3. The van der Waals surface area contributed by atoms with Crippen LogP contribution >= 0.6 is 0 Å². The number of aliphatic hydroxyl groups excluding tert-OH is 1. The molecule has 2 nitrogen and oxygen atoms in total. The van der Waals surface area contributed by atoms with Crippen molar-refractivity contribution in [3.63, 3.8) is 0 Å². The summed E-state index contributed by atoms with van der Waals surface area (Å²) in [6, 6.07) is 5.59. The zero-order valence-electron chi connectivity index (χ0n) is 10.2. The Labute approximate surface area is 104 Å². The van der Waals surface area contributed by atoms with E-state index in [4.69, 9.17) is 0 Å². The predicted molar refractivity (Wildman–Crippen MR) is 62.4 cm³/mol. The molecule has 0 saturated carbocycles. The molecule has 1 N–H and O–H groups in total. The Bertz CT molecular complexity index is 346. The predicted octanol–water partition coefficient (Wildman–Crippen LogP) is 3.68. The summed E-state index contributed by atoms with van der Waals surface area (Å²) in [4.78, 5) is 0. The van der Waals surface area contributed by atoms with Gasteiger partial charge in [0.1, 0.15) is 5.75 Å². The first-order valence-corrected chi connectivity index (χ1v) is 5.93. The van der Waals surface area contributed by atoms with Gasteiger partial charge in [0.05, 0.1) is 6.10 Å². The summed E-state index contributed by atoms with van der Waals surface area (Å²) in [6.07, 6.45) is -2.00. The first-order valence-electron chi connectivity index (χ1n) is 5.93. The largest absolute Gasteiger partial charge is 0.573 e. The molecule has 1 aromatic carbocycles. The summed E-state index contributed by atoms with van der Waals surface area (Å²) < 4.78 is 39.6. The number of ether oxygens (including phenoxy) is 1. The zero-order chi connectivity index (χ0) is 13.6. The molecule has 0 spiro atoms. The molecule has 1 unspecified atom stereocenters. The van der Waals surface area contributed by atoms with Crippen LogP contribution in [0.3, 0.4) is 0 Å². The van der Waals surface area contributed by atoms with Crippen LogP contribution in [0.25, 0.3) is 0 Å². The number of hydrogen-bond donors (Lipinski definition) is 1. The van der Waals surface area contributed by atoms with Gasteiger partial charge in [0, 0.05) is 0 Å². The fourth-order valence-corrected chi connectivity index (χ4v) is 1.64. The van der Waals surface area contributed by atoms with Gasteiger partial charge in [-0.3, -0.25) is 0 Å². The third kappa shape index (κ3) is 5.91. The molecule has 0 aliphatic rings. The minimum atomic E-state index is -4.66. The molecule has 0 fully saturated rings. The average Bonchev–Trinajstić information content (AvgIpc) is 2.27. The number of rotatable bonds is 6. The smallest absolute Gasteiger partial charge is 0.406 e. The lowest BCUT2D eigenvalue weighted by atomic mass is 10.0. The van der Waals surface area contributed by atoms with Gasteiger partial charge in [0.25, 0.3) is 0 Å². The molecule has 1 aromatic rings. The second-order valence-corrected chi connectivity index (χ2v) is 4.19. The van der Waals surface area contributed by atoms with E-state index in [1.165, 1.54) is 24.3 Å². The third-order valence-corrected chi connectivity index (χ3v) is 2.52. The number of halogens is 3. The van der Waals surface area contributed by atoms with Crippen molar-refractivity contribution in [2.45, 2.75) is 45.1 Å². The molecule has 5 heteroatoms. The van der Waals surface area contributed by atoms with Crippen molar-refractivity contribution in [2.75, 3.05) is 0 Å². The Morgan fingerprint density at radius 2 is 1.83 bits per heavy atom. The molecule has 102 valence electrons. The number of benzene rings is 1. The Morgan fingerprint density at radius 1 is 1.22 bits per heavy atom. The van der Waals surface area contributed by atoms with Crippen LogP contribution in [0, 0.1) is 0 Å². The first kappa shape index (κ1) is 14.8. The SMILES string of the molecule is CCCCC(O)Cc1ccc(OC(F)(F)F)cc1. The van der Waals surface area contributed by atoms with Crippen LogP contribution in [0.5, 0.6) is 5.75 Å². The van der Waals surface area contributed by atoms with Crippen LogP contribution in [0.15, 0.2) is 24.3 Å². The highest BCUT2D eigenvalue weighted by Gasteiger charge is 2.30. The Morgan fingerprint density at radius 3 is 2.33 bits per heavy atom. The molecular formula is C13H17F3O2. The molecule has 0 radical (unpaired) electrons. The summed E-state index contributed by atoms with van der Waals surface area (Å²) in [5, 5.41) is 9.68. The van der Waals surface area contributed by atoms with Crippen LogP contribution in [0.1, 0.15) is 31.7 Å². The van der Waals surface area contributed by atoms with Gasteiger partial charge >= 0.3 is 6.36 Å². The zero-order valence-corrected chi connectivity index (χ0v) is 10.2. The molecule has 0 aliphatic carbocycles. The van der Waals surface area contributed by atoms with E-state index < -0.39 is 12.5 Å². The molecule has 0 amide bonds. The van der Waals surface area contributed by atoms with Gasteiger partial charge in [-0.2, -0.15) is 0 Å². The van der Waals surface area contributed by atoms with Gasteiger partial charge in [0.2, 0.25) is 0 Å². The van der Waals surface area contributed by atoms with E-state index in [9.17, 15) is 18.3 Å². The van der Waals surface area contributed by atoms with E-state index in [0.717, 1.165) is 18.4 Å². The molecule has 0 aromatic heterocycles. The van der Waals surface area contributed by atoms with E-state index in [0.29, 0.717) is 12.8 Å². The van der Waals surface area contributed by atoms with E-state index in [2.05, 4.69) is 4.74 Å². The maximum atomic E-state index is 11.9. The van der Waals surface area contributed by atoms with Crippen molar-refractivity contribution in [1.29, 1.82) is 0 Å². The van der Waals surface area contributed by atoms with Gasteiger partial charge in [-0.25, -0.2) is 0 Å². The van der Waals surface area contributed by atoms with Crippen LogP contribution in [0.4, 0.5) is 13.2 Å². The average molecular weight is 262 g/mol. The van der Waals surface area contributed by atoms with Gasteiger partial charge in [-0.05, 0) is 30.5 Å². The summed E-state index contributed by atoms with van der Waals surface area (Å²) >= 11 is 0. The molecule has 1 atom stereocenters. The Kier molecular flexibility index (Phi) is 5.47. The highest BCUT2D eigenvalue weighted by molar-refractivity contribution is 5.27. The number of aliphatic hydroxyl groups is 1. The van der Waals surface area contributed by atoms with E-state index in [-0.39, 0.29) is 5.75 Å². The second-order valence-electron chi connectivity index (χ2n) is 4.19. The van der Waals surface area contributed by atoms with Crippen molar-refractivity contribution in [3.8, 4) is 5.75 Å². The minimum Gasteiger partial charge on any atom is -0.406 e. The number of alkyl halides is 3. The quantitative estimate of drug-likeness (QED) is 0.847. The van der Waals surface area contributed by atoms with Crippen LogP contribution in [-0.4, -0.2) is 17.6 Å². The maximum absolute atomic E-state index is 11.9. The van der Waals surface area contributed by atoms with Gasteiger partial charge < -0.3 is 9.84 Å². The maximum Gasteiger partial charge on any atom is 0.573 e. The lowest BCUT2D eigenvalue weighted by molar-refractivity contribution is -0.274. The lowest BCUT2D eigenvalue weighted by Crippen LogP contribution is -2.17. The van der Waals surface area contributed by atoms with Crippen LogP contribution in [0.2, 0.25) is 0 Å². The summed E-state index contributed by atoms with van der Waals surface area (Å²) in [6.45, 7) is 2.04. The molecular weight excluding hydrogens is 245 g/mol. The van der Waals surface area contributed by atoms with Gasteiger partial charge in [0.15, 0.2) is 0 Å². The molecule has 0 aliphatic heterocycles. The Balaban J connectivity index is 2.50. The fourth-order valence-electron chi connectivity index (χ4n) is 1.64. The van der Waals surface area contributed by atoms with Crippen molar-refractivity contribution in [3.05, 3.63) is 29.8 Å². The van der Waals surface area contributed by atoms with Crippen molar-refractivity contribution in [2.24, 2.45) is 0 Å². The van der Waals surface area contributed by atoms with E-state index >= 15 is 0 Å². The van der Waals surface area contributed by atoms with Gasteiger partial charge in [-0.15, -0.1) is 13.2 Å². The molecule has 0 saturated heterocycles. The fraction of sp³-hybridized carbons (Fsp3) is 0.538. The van der Waals surface area contributed by atoms with Gasteiger partial charge in [-0.1, -0.05) is 31.9 Å². The van der Waals surface area contributed by atoms with Crippen LogP contribution < -0.4 is 4.74 Å². The summed E-state index contributed by atoms with van der Waals surface area (Å²) in [5.41, 5.74) is 0.799. The van der Waals surface area contributed by atoms with Crippen molar-refractivity contribution < 1.29 is 23.0 Å². The van der Waals surface area contributed by atoms with E-state index in [1.54, 1.807) is 0 Å². The molecule has 18 heavy (non-hydrogen) atoms. The number of hydrogen-bond acceptors (Lipinski definition) is 2. The minimum absolute atomic E-state index is 0.241. The molecule has 0 bridgehead atoms. The van der Waals surface area contributed by atoms with Crippen LogP contribution in [-0.2, 0) is 6.42 Å². The van der Waals surface area contributed by atoms with E-state index in [1.807, 2.05) is 6.92 Å². The normalized spacial score (nSPS) is 13.4. The third-order valence-electron chi connectivity index (χ3n) is 2.52. The highest BCUT2D eigenvalue weighted by atomic mass is 19.4. The van der Waals surface area contributed by atoms with Crippen molar-refractivity contribution >= 4 is 0 Å². The lowest BCUT2D eigenvalue weighted by Gasteiger charge is -2.11. The monoisotopic (exact) mass is 262 g/mol.